The van der Waals surface area contributed by atoms with Crippen molar-refractivity contribution in [1.29, 1.82) is 0 Å². The summed E-state index contributed by atoms with van der Waals surface area (Å²) in [7, 11) is 0. The molecule has 0 bridgehead atoms. The van der Waals surface area contributed by atoms with Crippen molar-refractivity contribution in [3.63, 3.8) is 0 Å². The van der Waals surface area contributed by atoms with Gasteiger partial charge in [-0.05, 0) is 38.8 Å². The largest absolute Gasteiger partial charge is 0.482 e. The molecule has 0 aromatic heterocycles. The number of hydrogen-bond acceptors (Lipinski definition) is 4. The standard InChI is InChI=1S/C24H25NO4/c1-15-10-12-17(13-11-15)22(26)16(2)29-19-7-5-6-18(14-19)25-23(27)20-8-3-4-9-21(20)24(25)28/h5-7,10-14,16,20-21H,3-4,8-9H2,1-2H3/t16-,20+,21+/m1/s1. The Morgan fingerprint density at radius 3 is 2.24 bits per heavy atom. The molecule has 4 rings (SSSR count). The molecule has 150 valence electrons. The predicted octanol–water partition coefficient (Wildman–Crippen LogP) is 4.32. The first-order valence-corrected chi connectivity index (χ1v) is 10.2. The van der Waals surface area contributed by atoms with Crippen LogP contribution in [0.25, 0.3) is 0 Å². The molecule has 29 heavy (non-hydrogen) atoms. The summed E-state index contributed by atoms with van der Waals surface area (Å²) in [4.78, 5) is 39.6. The highest BCUT2D eigenvalue weighted by Gasteiger charge is 2.48. The van der Waals surface area contributed by atoms with Crippen LogP contribution in [0.15, 0.2) is 48.5 Å². The first-order chi connectivity index (χ1) is 14.0. The van der Waals surface area contributed by atoms with Crippen molar-refractivity contribution in [3.05, 3.63) is 59.7 Å². The minimum atomic E-state index is -0.680. The molecule has 0 radical (unpaired) electrons. The molecule has 2 aromatic carbocycles. The number of carbonyl (C=O) groups excluding carboxylic acids is 3. The van der Waals surface area contributed by atoms with Crippen LogP contribution in [-0.4, -0.2) is 23.7 Å². The molecule has 1 saturated carbocycles. The Kier molecular flexibility index (Phi) is 5.22. The fraction of sp³-hybridized carbons (Fsp3) is 0.375. The normalized spacial score (nSPS) is 22.3. The monoisotopic (exact) mass is 391 g/mol. The average Bonchev–Trinajstić information content (AvgIpc) is 2.99. The molecule has 5 nitrogen and oxygen atoms in total. The number of carbonyl (C=O) groups is 3. The van der Waals surface area contributed by atoms with Crippen molar-refractivity contribution < 1.29 is 19.1 Å². The summed E-state index contributed by atoms with van der Waals surface area (Å²) >= 11 is 0. The Labute approximate surface area is 170 Å². The van der Waals surface area contributed by atoms with Crippen molar-refractivity contribution in [1.82, 2.24) is 0 Å². The molecule has 1 aliphatic heterocycles. The number of hydrogen-bond donors (Lipinski definition) is 0. The summed E-state index contributed by atoms with van der Waals surface area (Å²) in [6, 6.07) is 14.3. The molecule has 2 aromatic rings. The molecule has 1 heterocycles. The van der Waals surface area contributed by atoms with Crippen molar-refractivity contribution >= 4 is 23.3 Å². The van der Waals surface area contributed by atoms with Crippen LogP contribution in [0.1, 0.15) is 48.5 Å². The van der Waals surface area contributed by atoms with Crippen LogP contribution in [0, 0.1) is 18.8 Å². The van der Waals surface area contributed by atoms with Gasteiger partial charge in [0.05, 0.1) is 17.5 Å². The molecule has 5 heteroatoms. The molecule has 0 spiro atoms. The van der Waals surface area contributed by atoms with Crippen molar-refractivity contribution in [2.24, 2.45) is 11.8 Å². The number of aryl methyl sites for hydroxylation is 1. The maximum atomic E-state index is 12.8. The Balaban J connectivity index is 1.51. The zero-order chi connectivity index (χ0) is 20.5. The van der Waals surface area contributed by atoms with Gasteiger partial charge in [0.25, 0.3) is 0 Å². The van der Waals surface area contributed by atoms with Crippen molar-refractivity contribution in [2.45, 2.75) is 45.6 Å². The predicted molar refractivity (Wildman–Crippen MR) is 110 cm³/mol. The third-order valence-corrected chi connectivity index (χ3v) is 5.94. The summed E-state index contributed by atoms with van der Waals surface area (Å²) in [5, 5.41) is 0. The number of benzene rings is 2. The topological polar surface area (TPSA) is 63.7 Å². The number of ketones is 1. The van der Waals surface area contributed by atoms with Crippen molar-refractivity contribution in [2.75, 3.05) is 4.90 Å². The number of fused-ring (bicyclic) bond motifs is 1. The highest BCUT2D eigenvalue weighted by Crippen LogP contribution is 2.40. The molecule has 0 unspecified atom stereocenters. The van der Waals surface area contributed by atoms with Crippen LogP contribution in [0.5, 0.6) is 5.75 Å². The van der Waals surface area contributed by atoms with Crippen LogP contribution >= 0.6 is 0 Å². The van der Waals surface area contributed by atoms with E-state index in [9.17, 15) is 14.4 Å². The molecule has 3 atom stereocenters. The Bertz CT molecular complexity index is 926. The Morgan fingerprint density at radius 1 is 1.00 bits per heavy atom. The van der Waals surface area contributed by atoms with Gasteiger partial charge in [-0.3, -0.25) is 14.4 Å². The zero-order valence-electron chi connectivity index (χ0n) is 16.8. The van der Waals surface area contributed by atoms with Gasteiger partial charge in [-0.25, -0.2) is 4.90 Å². The van der Waals surface area contributed by atoms with Gasteiger partial charge < -0.3 is 4.74 Å². The lowest BCUT2D eigenvalue weighted by atomic mass is 9.81. The van der Waals surface area contributed by atoms with Crippen molar-refractivity contribution in [3.8, 4) is 5.75 Å². The smallest absolute Gasteiger partial charge is 0.237 e. The molecule has 2 aliphatic rings. The molecule has 1 saturated heterocycles. The van der Waals surface area contributed by atoms with E-state index in [0.29, 0.717) is 17.0 Å². The van der Waals surface area contributed by atoms with Gasteiger partial charge in [0.15, 0.2) is 6.10 Å². The molecular weight excluding hydrogens is 366 g/mol. The maximum absolute atomic E-state index is 12.8. The van der Waals surface area contributed by atoms with E-state index >= 15 is 0 Å². The van der Waals surface area contributed by atoms with Gasteiger partial charge in [0, 0.05) is 11.6 Å². The van der Waals surface area contributed by atoms with E-state index < -0.39 is 6.10 Å². The SMILES string of the molecule is Cc1ccc(C(=O)[C@@H](C)Oc2cccc(N3C(=O)[C@H]4CCCC[C@@H]4C3=O)c2)cc1. The fourth-order valence-electron chi connectivity index (χ4n) is 4.32. The second-order valence-electron chi connectivity index (χ2n) is 8.00. The number of Topliss-reactive ketones (excluding diaryl/α,β-unsaturated/α-hetero) is 1. The van der Waals surface area contributed by atoms with E-state index in [-0.39, 0.29) is 29.4 Å². The van der Waals surface area contributed by atoms with Gasteiger partial charge in [-0.15, -0.1) is 0 Å². The molecule has 2 amide bonds. The quantitative estimate of drug-likeness (QED) is 0.562. The third-order valence-electron chi connectivity index (χ3n) is 5.94. The maximum Gasteiger partial charge on any atom is 0.237 e. The van der Waals surface area contributed by atoms with Gasteiger partial charge in [0.2, 0.25) is 17.6 Å². The highest BCUT2D eigenvalue weighted by molar-refractivity contribution is 6.22. The highest BCUT2D eigenvalue weighted by atomic mass is 16.5. The summed E-state index contributed by atoms with van der Waals surface area (Å²) in [5.74, 6) is -0.257. The van der Waals surface area contributed by atoms with Crippen LogP contribution in [0.2, 0.25) is 0 Å². The first kappa shape index (κ1) is 19.4. The van der Waals surface area contributed by atoms with Crippen LogP contribution in [0.3, 0.4) is 0 Å². The minimum Gasteiger partial charge on any atom is -0.482 e. The van der Waals surface area contributed by atoms with Gasteiger partial charge in [0.1, 0.15) is 5.75 Å². The second kappa shape index (κ2) is 7.82. The summed E-state index contributed by atoms with van der Waals surface area (Å²) in [6.07, 6.45) is 2.88. The fourth-order valence-corrected chi connectivity index (χ4v) is 4.32. The lowest BCUT2D eigenvalue weighted by molar-refractivity contribution is -0.122. The molecule has 1 aliphatic carbocycles. The summed E-state index contributed by atoms with van der Waals surface area (Å²) in [6.45, 7) is 3.67. The van der Waals surface area contributed by atoms with Crippen LogP contribution in [0.4, 0.5) is 5.69 Å². The molecular formula is C24H25NO4. The third kappa shape index (κ3) is 3.69. The lowest BCUT2D eigenvalue weighted by Crippen LogP contribution is -2.31. The number of anilines is 1. The number of amides is 2. The zero-order valence-corrected chi connectivity index (χ0v) is 16.8. The minimum absolute atomic E-state index is 0.111. The van der Waals surface area contributed by atoms with E-state index in [0.717, 1.165) is 31.2 Å². The lowest BCUT2D eigenvalue weighted by Gasteiger charge is -2.19. The van der Waals surface area contributed by atoms with E-state index in [2.05, 4.69) is 0 Å². The first-order valence-electron chi connectivity index (χ1n) is 10.2. The molecule has 2 fully saturated rings. The second-order valence-corrected chi connectivity index (χ2v) is 8.00. The van der Waals surface area contributed by atoms with Crippen LogP contribution < -0.4 is 9.64 Å². The number of rotatable bonds is 5. The van der Waals surface area contributed by atoms with E-state index in [4.69, 9.17) is 4.74 Å². The Hall–Kier alpha value is -2.95. The number of nitrogens with zero attached hydrogens (tertiary/aromatic N) is 1. The Morgan fingerprint density at radius 2 is 1.62 bits per heavy atom. The number of ether oxygens (including phenoxy) is 1. The van der Waals surface area contributed by atoms with E-state index in [1.807, 2.05) is 19.1 Å². The summed E-state index contributed by atoms with van der Waals surface area (Å²) in [5.41, 5.74) is 2.19. The summed E-state index contributed by atoms with van der Waals surface area (Å²) < 4.78 is 5.85. The molecule has 0 N–H and O–H groups in total. The van der Waals surface area contributed by atoms with Gasteiger partial charge >= 0.3 is 0 Å². The number of imide groups is 1. The van der Waals surface area contributed by atoms with E-state index in [1.54, 1.807) is 43.3 Å². The van der Waals surface area contributed by atoms with Crippen LogP contribution in [-0.2, 0) is 9.59 Å². The van der Waals surface area contributed by atoms with Gasteiger partial charge in [-0.1, -0.05) is 48.7 Å². The van der Waals surface area contributed by atoms with Gasteiger partial charge in [-0.2, -0.15) is 0 Å². The average molecular weight is 391 g/mol. The van der Waals surface area contributed by atoms with E-state index in [1.165, 1.54) is 4.90 Å².